The molecule has 8 heteroatoms. The van der Waals surface area contributed by atoms with E-state index in [1.54, 1.807) is 16.7 Å². The van der Waals surface area contributed by atoms with Crippen LogP contribution >= 0.6 is 11.3 Å². The molecule has 1 aromatic heterocycles. The Hall–Kier alpha value is -2.87. The number of carbonyl (C=O) groups is 1. The number of nitro benzene ring substituents is 1. The maximum absolute atomic E-state index is 13.4. The van der Waals surface area contributed by atoms with E-state index in [0.29, 0.717) is 16.0 Å². The first-order chi connectivity index (χ1) is 11.5. The Morgan fingerprint density at radius 2 is 2.08 bits per heavy atom. The number of aromatic nitrogens is 1. The molecule has 3 rings (SSSR count). The van der Waals surface area contributed by atoms with E-state index in [0.717, 1.165) is 5.52 Å². The average Bonchev–Trinajstić information content (AvgIpc) is 2.90. The Morgan fingerprint density at radius 1 is 1.33 bits per heavy atom. The molecule has 2 aromatic carbocycles. The van der Waals surface area contributed by atoms with Crippen molar-refractivity contribution in [1.29, 1.82) is 0 Å². The highest BCUT2D eigenvalue weighted by Crippen LogP contribution is 2.20. The molecule has 0 saturated carbocycles. The van der Waals surface area contributed by atoms with Crippen LogP contribution in [0.1, 0.15) is 17.3 Å². The molecule has 3 aromatic rings. The van der Waals surface area contributed by atoms with Gasteiger partial charge < -0.3 is 4.57 Å². The van der Waals surface area contributed by atoms with Crippen molar-refractivity contribution in [2.75, 3.05) is 0 Å². The number of benzene rings is 2. The molecule has 6 nitrogen and oxygen atoms in total. The van der Waals surface area contributed by atoms with Gasteiger partial charge in [-0.1, -0.05) is 23.5 Å². The molecule has 0 radical (unpaired) electrons. The summed E-state index contributed by atoms with van der Waals surface area (Å²) in [5.41, 5.74) is 0.397. The van der Waals surface area contributed by atoms with Crippen LogP contribution in [0.15, 0.2) is 47.5 Å². The van der Waals surface area contributed by atoms with Crippen molar-refractivity contribution in [2.45, 2.75) is 13.5 Å². The van der Waals surface area contributed by atoms with Crippen LogP contribution in [0, 0.1) is 15.9 Å². The van der Waals surface area contributed by atoms with E-state index >= 15 is 0 Å². The van der Waals surface area contributed by atoms with Gasteiger partial charge in [0.1, 0.15) is 11.4 Å². The van der Waals surface area contributed by atoms with Crippen molar-refractivity contribution in [3.8, 4) is 0 Å². The van der Waals surface area contributed by atoms with Gasteiger partial charge >= 0.3 is 0 Å². The lowest BCUT2D eigenvalue weighted by Gasteiger charge is -2.00. The lowest BCUT2D eigenvalue weighted by molar-refractivity contribution is -0.385. The fourth-order valence-electron chi connectivity index (χ4n) is 2.40. The van der Waals surface area contributed by atoms with Gasteiger partial charge in [0.15, 0.2) is 4.80 Å². The summed E-state index contributed by atoms with van der Waals surface area (Å²) in [7, 11) is 0. The molecule has 0 aliphatic carbocycles. The van der Waals surface area contributed by atoms with Crippen molar-refractivity contribution < 1.29 is 14.1 Å². The first kappa shape index (κ1) is 16.0. The summed E-state index contributed by atoms with van der Waals surface area (Å²) in [4.78, 5) is 27.2. The third-order valence-corrected chi connectivity index (χ3v) is 4.53. The van der Waals surface area contributed by atoms with Crippen LogP contribution in [0.25, 0.3) is 10.2 Å². The number of fused-ring (bicyclic) bond motifs is 1. The van der Waals surface area contributed by atoms with E-state index in [1.165, 1.54) is 41.7 Å². The molecule has 0 N–H and O–H groups in total. The summed E-state index contributed by atoms with van der Waals surface area (Å²) in [5, 5.41) is 11.0. The number of hydrogen-bond acceptors (Lipinski definition) is 4. The quantitative estimate of drug-likeness (QED) is 0.538. The van der Waals surface area contributed by atoms with Crippen molar-refractivity contribution in [2.24, 2.45) is 4.99 Å². The zero-order chi connectivity index (χ0) is 17.3. The molecule has 0 aliphatic rings. The van der Waals surface area contributed by atoms with Gasteiger partial charge in [-0.2, -0.15) is 4.99 Å². The maximum Gasteiger partial charge on any atom is 0.286 e. The molecule has 0 spiro atoms. The van der Waals surface area contributed by atoms with Gasteiger partial charge in [0.05, 0.1) is 15.1 Å². The number of amides is 1. The predicted octanol–water partition coefficient (Wildman–Crippen LogP) is 3.51. The number of aryl methyl sites for hydroxylation is 1. The van der Waals surface area contributed by atoms with Crippen LogP contribution in [0.3, 0.4) is 0 Å². The second-order valence-electron chi connectivity index (χ2n) is 4.93. The maximum atomic E-state index is 13.4. The number of thiazole rings is 1. The van der Waals surface area contributed by atoms with Crippen LogP contribution in [0.5, 0.6) is 0 Å². The zero-order valence-corrected chi connectivity index (χ0v) is 13.4. The van der Waals surface area contributed by atoms with Gasteiger partial charge in [-0.05, 0) is 31.2 Å². The number of carbonyl (C=O) groups excluding carboxylic acids is 1. The number of nitrogens with zero attached hydrogens (tertiary/aromatic N) is 3. The average molecular weight is 345 g/mol. The van der Waals surface area contributed by atoms with E-state index in [-0.39, 0.29) is 17.1 Å². The monoisotopic (exact) mass is 345 g/mol. The highest BCUT2D eigenvalue weighted by molar-refractivity contribution is 7.16. The van der Waals surface area contributed by atoms with Gasteiger partial charge in [0.25, 0.3) is 11.6 Å². The summed E-state index contributed by atoms with van der Waals surface area (Å²) >= 11 is 1.17. The fourth-order valence-corrected chi connectivity index (χ4v) is 3.52. The van der Waals surface area contributed by atoms with Crippen molar-refractivity contribution in [3.05, 3.63) is 68.8 Å². The standard InChI is InChI=1S/C16H12FN3O3S/c1-2-19-13-8-7-10(17)9-14(13)24-16(19)18-15(21)11-5-3-4-6-12(11)20(22)23/h3-9H,2H2,1H3. The molecule has 1 amide bonds. The summed E-state index contributed by atoms with van der Waals surface area (Å²) in [6, 6.07) is 10.0. The van der Waals surface area contributed by atoms with Crippen LogP contribution < -0.4 is 4.80 Å². The lowest BCUT2D eigenvalue weighted by atomic mass is 10.2. The molecule has 0 aliphatic heterocycles. The molecule has 0 unspecified atom stereocenters. The smallest absolute Gasteiger partial charge is 0.286 e. The molecule has 0 bridgehead atoms. The molecule has 122 valence electrons. The number of para-hydroxylation sites is 1. The third kappa shape index (κ3) is 2.83. The van der Waals surface area contributed by atoms with Crippen molar-refractivity contribution in [3.63, 3.8) is 0 Å². The van der Waals surface area contributed by atoms with Gasteiger partial charge in [-0.25, -0.2) is 4.39 Å². The largest absolute Gasteiger partial charge is 0.317 e. The van der Waals surface area contributed by atoms with E-state index in [2.05, 4.69) is 4.99 Å². The van der Waals surface area contributed by atoms with Crippen LogP contribution in [0.2, 0.25) is 0 Å². The van der Waals surface area contributed by atoms with Crippen LogP contribution in [-0.2, 0) is 6.54 Å². The van der Waals surface area contributed by atoms with Gasteiger partial charge in [-0.15, -0.1) is 0 Å². The summed E-state index contributed by atoms with van der Waals surface area (Å²) in [6.07, 6.45) is 0. The second-order valence-corrected chi connectivity index (χ2v) is 5.94. The Labute approximate surface area is 139 Å². The Morgan fingerprint density at radius 3 is 2.79 bits per heavy atom. The minimum Gasteiger partial charge on any atom is -0.317 e. The normalized spacial score (nSPS) is 11.8. The molecular weight excluding hydrogens is 333 g/mol. The first-order valence-electron chi connectivity index (χ1n) is 7.12. The van der Waals surface area contributed by atoms with E-state index < -0.39 is 10.8 Å². The predicted molar refractivity (Wildman–Crippen MR) is 88.4 cm³/mol. The summed E-state index contributed by atoms with van der Waals surface area (Å²) in [6.45, 7) is 2.42. The lowest BCUT2D eigenvalue weighted by Crippen LogP contribution is -2.16. The zero-order valence-electron chi connectivity index (χ0n) is 12.6. The minimum absolute atomic E-state index is 0.0752. The van der Waals surface area contributed by atoms with E-state index in [9.17, 15) is 19.3 Å². The SMILES string of the molecule is CCn1c(=NC(=O)c2ccccc2[N+](=O)[O-])sc2cc(F)ccc21. The first-order valence-corrected chi connectivity index (χ1v) is 7.94. The van der Waals surface area contributed by atoms with Gasteiger partial charge in [0, 0.05) is 12.6 Å². The molecule has 0 saturated heterocycles. The van der Waals surface area contributed by atoms with E-state index in [4.69, 9.17) is 0 Å². The summed E-state index contributed by atoms with van der Waals surface area (Å²) in [5.74, 6) is -1.07. The second kappa shape index (κ2) is 6.32. The van der Waals surface area contributed by atoms with Crippen molar-refractivity contribution in [1.82, 2.24) is 4.57 Å². The minimum atomic E-state index is -0.698. The molecule has 24 heavy (non-hydrogen) atoms. The van der Waals surface area contributed by atoms with Crippen LogP contribution in [-0.4, -0.2) is 15.4 Å². The highest BCUT2D eigenvalue weighted by Gasteiger charge is 2.19. The number of halogens is 1. The summed E-state index contributed by atoms with van der Waals surface area (Å²) < 4.78 is 15.8. The molecular formula is C16H12FN3O3S. The Balaban J connectivity index is 2.17. The molecule has 0 fully saturated rings. The van der Waals surface area contributed by atoms with E-state index in [1.807, 2.05) is 6.92 Å². The number of hydrogen-bond donors (Lipinski definition) is 0. The Kier molecular flexibility index (Phi) is 4.22. The Bertz CT molecular complexity index is 1020. The number of nitro groups is 1. The topological polar surface area (TPSA) is 77.5 Å². The number of rotatable bonds is 3. The third-order valence-electron chi connectivity index (χ3n) is 3.49. The molecule has 0 atom stereocenters. The molecule has 1 heterocycles. The van der Waals surface area contributed by atoms with Gasteiger partial charge in [0.2, 0.25) is 0 Å². The highest BCUT2D eigenvalue weighted by atomic mass is 32.1. The fraction of sp³-hybridized carbons (Fsp3) is 0.125. The van der Waals surface area contributed by atoms with Crippen molar-refractivity contribution >= 4 is 33.1 Å². The van der Waals surface area contributed by atoms with Gasteiger partial charge in [-0.3, -0.25) is 14.9 Å². The van der Waals surface area contributed by atoms with Crippen LogP contribution in [0.4, 0.5) is 10.1 Å².